The molecular formula is C13H21NO4S. The van der Waals surface area contributed by atoms with E-state index in [2.05, 4.69) is 4.72 Å². The second kappa shape index (κ2) is 8.27. The largest absolute Gasteiger partial charge is 0.353 e. The summed E-state index contributed by atoms with van der Waals surface area (Å²) in [7, 11) is -3.45. The highest BCUT2D eigenvalue weighted by Crippen LogP contribution is 2.07. The average Bonchev–Trinajstić information content (AvgIpc) is 2.40. The molecule has 0 aliphatic heterocycles. The summed E-state index contributed by atoms with van der Waals surface area (Å²) in [5.74, 6) is 0. The first-order valence-electron chi connectivity index (χ1n) is 6.38. The van der Waals surface area contributed by atoms with Crippen molar-refractivity contribution in [2.24, 2.45) is 0 Å². The number of sulfonamides is 1. The van der Waals surface area contributed by atoms with E-state index in [1.807, 2.05) is 13.8 Å². The molecule has 0 aliphatic carbocycles. The van der Waals surface area contributed by atoms with Crippen LogP contribution in [-0.4, -0.2) is 34.5 Å². The minimum atomic E-state index is -3.45. The van der Waals surface area contributed by atoms with E-state index in [0.717, 1.165) is 0 Å². The summed E-state index contributed by atoms with van der Waals surface area (Å²) in [5.41, 5.74) is 0. The van der Waals surface area contributed by atoms with E-state index < -0.39 is 10.0 Å². The van der Waals surface area contributed by atoms with Gasteiger partial charge in [0.25, 0.3) is 0 Å². The summed E-state index contributed by atoms with van der Waals surface area (Å²) in [6.07, 6.45) is 0.113. The lowest BCUT2D eigenvalue weighted by molar-refractivity contribution is -0.138. The Labute approximate surface area is 115 Å². The third kappa shape index (κ3) is 5.69. The molecular weight excluding hydrogens is 266 g/mol. The monoisotopic (exact) mass is 287 g/mol. The number of nitrogens with one attached hydrogen (secondary N) is 1. The van der Waals surface area contributed by atoms with Gasteiger partial charge < -0.3 is 9.47 Å². The first-order valence-corrected chi connectivity index (χ1v) is 7.86. The van der Waals surface area contributed by atoms with Crippen molar-refractivity contribution in [2.75, 3.05) is 19.8 Å². The van der Waals surface area contributed by atoms with Gasteiger partial charge in [-0.05, 0) is 26.0 Å². The quantitative estimate of drug-likeness (QED) is 0.703. The average molecular weight is 287 g/mol. The number of hydrogen-bond acceptors (Lipinski definition) is 4. The van der Waals surface area contributed by atoms with E-state index in [-0.39, 0.29) is 17.7 Å². The van der Waals surface area contributed by atoms with Gasteiger partial charge in [-0.15, -0.1) is 0 Å². The predicted octanol–water partition coefficient (Wildman–Crippen LogP) is 1.75. The molecule has 0 heterocycles. The van der Waals surface area contributed by atoms with Crippen molar-refractivity contribution in [3.8, 4) is 0 Å². The fourth-order valence-electron chi connectivity index (χ4n) is 1.58. The molecule has 0 amide bonds. The molecule has 0 spiro atoms. The maximum absolute atomic E-state index is 11.9. The smallest absolute Gasteiger partial charge is 0.240 e. The highest BCUT2D eigenvalue weighted by molar-refractivity contribution is 7.89. The lowest BCUT2D eigenvalue weighted by Gasteiger charge is -2.17. The third-order valence-electron chi connectivity index (χ3n) is 2.43. The van der Waals surface area contributed by atoms with Crippen molar-refractivity contribution >= 4 is 10.0 Å². The second-order valence-electron chi connectivity index (χ2n) is 3.84. The molecule has 5 nitrogen and oxygen atoms in total. The predicted molar refractivity (Wildman–Crippen MR) is 73.3 cm³/mol. The summed E-state index contributed by atoms with van der Waals surface area (Å²) in [4.78, 5) is 0.263. The van der Waals surface area contributed by atoms with Crippen LogP contribution >= 0.6 is 0 Å². The van der Waals surface area contributed by atoms with E-state index in [9.17, 15) is 8.42 Å². The number of hydrogen-bond donors (Lipinski definition) is 1. The number of benzene rings is 1. The van der Waals surface area contributed by atoms with Crippen LogP contribution in [0.5, 0.6) is 0 Å². The Morgan fingerprint density at radius 1 is 1.11 bits per heavy atom. The van der Waals surface area contributed by atoms with Crippen molar-refractivity contribution in [2.45, 2.75) is 31.5 Å². The molecule has 1 N–H and O–H groups in total. The molecule has 0 saturated carbocycles. The Hall–Kier alpha value is -0.950. The Balaban J connectivity index is 2.47. The van der Waals surface area contributed by atoms with Gasteiger partial charge in [-0.3, -0.25) is 0 Å². The van der Waals surface area contributed by atoms with Gasteiger partial charge in [0.2, 0.25) is 10.0 Å². The van der Waals surface area contributed by atoms with E-state index in [4.69, 9.17) is 9.47 Å². The Morgan fingerprint density at radius 3 is 2.21 bits per heavy atom. The molecule has 0 bridgehead atoms. The van der Waals surface area contributed by atoms with Gasteiger partial charge in [-0.25, -0.2) is 13.1 Å². The Bertz CT molecular complexity index is 441. The van der Waals surface area contributed by atoms with Gasteiger partial charge in [-0.1, -0.05) is 18.2 Å². The highest BCUT2D eigenvalue weighted by atomic mass is 32.2. The van der Waals surface area contributed by atoms with Crippen LogP contribution in [0.4, 0.5) is 0 Å². The van der Waals surface area contributed by atoms with Gasteiger partial charge >= 0.3 is 0 Å². The molecule has 0 aromatic heterocycles. The summed E-state index contributed by atoms with van der Waals surface area (Å²) in [6, 6.07) is 8.28. The molecule has 0 aliphatic rings. The topological polar surface area (TPSA) is 64.6 Å². The van der Waals surface area contributed by atoms with Crippen LogP contribution in [0.3, 0.4) is 0 Å². The number of rotatable bonds is 9. The first kappa shape index (κ1) is 16.1. The zero-order valence-electron chi connectivity index (χ0n) is 11.3. The summed E-state index contributed by atoms with van der Waals surface area (Å²) >= 11 is 0. The van der Waals surface area contributed by atoms with E-state index in [1.165, 1.54) is 0 Å². The van der Waals surface area contributed by atoms with E-state index >= 15 is 0 Å². The second-order valence-corrected chi connectivity index (χ2v) is 5.61. The van der Waals surface area contributed by atoms with Crippen LogP contribution in [0.25, 0.3) is 0 Å². The first-order chi connectivity index (χ1) is 9.10. The van der Waals surface area contributed by atoms with Crippen LogP contribution in [0, 0.1) is 0 Å². The maximum atomic E-state index is 11.9. The van der Waals surface area contributed by atoms with Crippen LogP contribution in [0.1, 0.15) is 20.3 Å². The van der Waals surface area contributed by atoms with Crippen LogP contribution in [-0.2, 0) is 19.5 Å². The minimum Gasteiger partial charge on any atom is -0.353 e. The highest BCUT2D eigenvalue weighted by Gasteiger charge is 2.14. The molecule has 1 aromatic rings. The van der Waals surface area contributed by atoms with Crippen LogP contribution < -0.4 is 4.72 Å². The standard InChI is InChI=1S/C13H21NO4S/c1-3-17-13(18-4-2)10-11-14-19(15,16)12-8-6-5-7-9-12/h5-9,13-14H,3-4,10-11H2,1-2H3. The Morgan fingerprint density at radius 2 is 1.68 bits per heavy atom. The zero-order chi connectivity index (χ0) is 14.1. The Kier molecular flexibility index (Phi) is 7.01. The fraction of sp³-hybridized carbons (Fsp3) is 0.538. The van der Waals surface area contributed by atoms with Crippen molar-refractivity contribution in [3.63, 3.8) is 0 Å². The lowest BCUT2D eigenvalue weighted by Crippen LogP contribution is -2.29. The summed E-state index contributed by atoms with van der Waals surface area (Å²) in [6.45, 7) is 5.11. The third-order valence-corrected chi connectivity index (χ3v) is 3.91. The molecule has 108 valence electrons. The van der Waals surface area contributed by atoms with Crippen molar-refractivity contribution in [1.82, 2.24) is 4.72 Å². The molecule has 1 aromatic carbocycles. The zero-order valence-corrected chi connectivity index (χ0v) is 12.2. The molecule has 0 radical (unpaired) electrons. The van der Waals surface area contributed by atoms with Gasteiger partial charge in [0.1, 0.15) is 0 Å². The van der Waals surface area contributed by atoms with Crippen LogP contribution in [0.2, 0.25) is 0 Å². The summed E-state index contributed by atoms with van der Waals surface area (Å²) in [5, 5.41) is 0. The van der Waals surface area contributed by atoms with Gasteiger partial charge in [0.15, 0.2) is 6.29 Å². The normalized spacial score (nSPS) is 11.9. The lowest BCUT2D eigenvalue weighted by atomic mass is 10.4. The molecule has 0 saturated heterocycles. The van der Waals surface area contributed by atoms with E-state index in [1.54, 1.807) is 30.3 Å². The molecule has 1 rings (SSSR count). The van der Waals surface area contributed by atoms with Crippen molar-refractivity contribution in [1.29, 1.82) is 0 Å². The van der Waals surface area contributed by atoms with Crippen molar-refractivity contribution < 1.29 is 17.9 Å². The molecule has 19 heavy (non-hydrogen) atoms. The number of ether oxygens (including phenoxy) is 2. The van der Waals surface area contributed by atoms with Gasteiger partial charge in [-0.2, -0.15) is 0 Å². The SMILES string of the molecule is CCOC(CCNS(=O)(=O)c1ccccc1)OCC. The van der Waals surface area contributed by atoms with Crippen molar-refractivity contribution in [3.05, 3.63) is 30.3 Å². The minimum absolute atomic E-state index is 0.263. The molecule has 0 atom stereocenters. The molecule has 6 heteroatoms. The van der Waals surface area contributed by atoms with Gasteiger partial charge in [0.05, 0.1) is 4.90 Å². The molecule has 0 unspecified atom stereocenters. The van der Waals surface area contributed by atoms with Crippen LogP contribution in [0.15, 0.2) is 35.2 Å². The summed E-state index contributed by atoms with van der Waals surface area (Å²) < 4.78 is 37.1. The molecule has 0 fully saturated rings. The van der Waals surface area contributed by atoms with Gasteiger partial charge in [0, 0.05) is 26.2 Å². The fourth-order valence-corrected chi connectivity index (χ4v) is 2.65. The maximum Gasteiger partial charge on any atom is 0.240 e. The van der Waals surface area contributed by atoms with E-state index in [0.29, 0.717) is 19.6 Å².